The fourth-order valence-corrected chi connectivity index (χ4v) is 4.26. The Morgan fingerprint density at radius 1 is 1.48 bits per heavy atom. The molecule has 0 radical (unpaired) electrons. The third-order valence-corrected chi connectivity index (χ3v) is 7.31. The van der Waals surface area contributed by atoms with Crippen molar-refractivity contribution in [1.82, 2.24) is 10.2 Å². The first kappa shape index (κ1) is 18.2. The Labute approximate surface area is 145 Å². The summed E-state index contributed by atoms with van der Waals surface area (Å²) < 4.78 is 37.5. The maximum absolute atomic E-state index is 13.3. The second-order valence-electron chi connectivity index (χ2n) is 6.14. The first-order valence-corrected chi connectivity index (χ1v) is 9.72. The summed E-state index contributed by atoms with van der Waals surface area (Å²) in [6.07, 6.45) is 0. The number of halogens is 2. The van der Waals surface area contributed by atoms with Gasteiger partial charge in [-0.1, -0.05) is 15.9 Å². The van der Waals surface area contributed by atoms with E-state index in [9.17, 15) is 12.8 Å². The lowest BCUT2D eigenvalue weighted by atomic mass is 10.2. The van der Waals surface area contributed by atoms with Crippen molar-refractivity contribution in [2.75, 3.05) is 25.9 Å². The Hall–Kier alpha value is -1.15. The normalized spacial score (nSPS) is 20.4. The van der Waals surface area contributed by atoms with Gasteiger partial charge in [-0.15, -0.1) is 0 Å². The van der Waals surface area contributed by atoms with Gasteiger partial charge < -0.3 is 10.2 Å². The molecule has 8 heteroatoms. The van der Waals surface area contributed by atoms with E-state index in [2.05, 4.69) is 26.2 Å². The predicted octanol–water partition coefficient (Wildman–Crippen LogP) is 2.17. The maximum Gasteiger partial charge on any atom is 0.193 e. The largest absolute Gasteiger partial charge is 0.352 e. The van der Waals surface area contributed by atoms with E-state index < -0.39 is 14.6 Å². The Balaban J connectivity index is 2.08. The second kappa shape index (κ2) is 6.76. The molecule has 1 heterocycles. The zero-order chi connectivity index (χ0) is 17.3. The lowest BCUT2D eigenvalue weighted by Crippen LogP contribution is -2.57. The standard InChI is InChI=1S/C15H21BrFN3O2S/c1-15(2)10-20(6-7-23(15,21)22)14(18-3)19-9-11-8-12(17)4-5-13(11)16/h4-5,8H,6-7,9-10H2,1-3H3,(H,18,19). The molecule has 0 aromatic heterocycles. The number of hydrogen-bond donors (Lipinski definition) is 1. The molecule has 1 aliphatic rings. The molecule has 1 saturated heterocycles. The highest BCUT2D eigenvalue weighted by Gasteiger charge is 2.40. The number of aliphatic imine (C=N–C) groups is 1. The molecule has 1 aromatic rings. The Morgan fingerprint density at radius 2 is 2.17 bits per heavy atom. The minimum Gasteiger partial charge on any atom is -0.352 e. The summed E-state index contributed by atoms with van der Waals surface area (Å²) in [5.74, 6) is 0.416. The van der Waals surface area contributed by atoms with Crippen LogP contribution >= 0.6 is 15.9 Å². The minimum atomic E-state index is -3.10. The van der Waals surface area contributed by atoms with Crippen LogP contribution in [0.3, 0.4) is 0 Å². The van der Waals surface area contributed by atoms with Crippen LogP contribution in [0.5, 0.6) is 0 Å². The quantitative estimate of drug-likeness (QED) is 0.604. The fourth-order valence-electron chi connectivity index (χ4n) is 2.51. The summed E-state index contributed by atoms with van der Waals surface area (Å²) in [5.41, 5.74) is 0.773. The van der Waals surface area contributed by atoms with Crippen molar-refractivity contribution >= 4 is 31.7 Å². The fraction of sp³-hybridized carbons (Fsp3) is 0.533. The van der Waals surface area contributed by atoms with Crippen molar-refractivity contribution in [2.45, 2.75) is 25.1 Å². The molecular weight excluding hydrogens is 385 g/mol. The monoisotopic (exact) mass is 405 g/mol. The van der Waals surface area contributed by atoms with Crippen LogP contribution in [0.15, 0.2) is 27.7 Å². The smallest absolute Gasteiger partial charge is 0.193 e. The summed E-state index contributed by atoms with van der Waals surface area (Å²) in [5, 5.41) is 3.17. The van der Waals surface area contributed by atoms with Gasteiger partial charge >= 0.3 is 0 Å². The number of rotatable bonds is 2. The summed E-state index contributed by atoms with van der Waals surface area (Å²) in [4.78, 5) is 6.14. The lowest BCUT2D eigenvalue weighted by molar-refractivity contribution is 0.353. The van der Waals surface area contributed by atoms with Gasteiger partial charge in [0.15, 0.2) is 15.8 Å². The molecule has 1 fully saturated rings. The number of sulfone groups is 1. The summed E-state index contributed by atoms with van der Waals surface area (Å²) >= 11 is 3.39. The van der Waals surface area contributed by atoms with E-state index in [1.165, 1.54) is 12.1 Å². The zero-order valence-corrected chi connectivity index (χ0v) is 15.8. The van der Waals surface area contributed by atoms with Crippen LogP contribution in [-0.2, 0) is 16.4 Å². The molecule has 0 atom stereocenters. The van der Waals surface area contributed by atoms with Crippen LogP contribution in [0, 0.1) is 5.82 Å². The molecule has 1 aromatic carbocycles. The van der Waals surface area contributed by atoms with Gasteiger partial charge in [-0.05, 0) is 37.6 Å². The number of nitrogens with one attached hydrogen (secondary N) is 1. The lowest BCUT2D eigenvalue weighted by Gasteiger charge is -2.39. The summed E-state index contributed by atoms with van der Waals surface area (Å²) in [6, 6.07) is 4.50. The van der Waals surface area contributed by atoms with Crippen molar-refractivity contribution in [3.05, 3.63) is 34.1 Å². The topological polar surface area (TPSA) is 61.8 Å². The average molecular weight is 406 g/mol. The Bertz CT molecular complexity index is 719. The molecule has 1 N–H and O–H groups in total. The average Bonchev–Trinajstić information content (AvgIpc) is 2.46. The predicted molar refractivity (Wildman–Crippen MR) is 93.7 cm³/mol. The van der Waals surface area contributed by atoms with Gasteiger partial charge in [0.1, 0.15) is 5.82 Å². The highest BCUT2D eigenvalue weighted by atomic mass is 79.9. The summed E-state index contributed by atoms with van der Waals surface area (Å²) in [7, 11) is -1.44. The molecular formula is C15H21BrFN3O2S. The van der Waals surface area contributed by atoms with Gasteiger partial charge in [-0.25, -0.2) is 12.8 Å². The van der Waals surface area contributed by atoms with E-state index in [1.807, 2.05) is 4.90 Å². The van der Waals surface area contributed by atoms with Gasteiger partial charge in [-0.2, -0.15) is 0 Å². The van der Waals surface area contributed by atoms with Crippen molar-refractivity contribution in [3.8, 4) is 0 Å². The van der Waals surface area contributed by atoms with E-state index in [4.69, 9.17) is 0 Å². The first-order chi connectivity index (χ1) is 10.7. The molecule has 0 spiro atoms. The molecule has 0 bridgehead atoms. The number of hydrogen-bond acceptors (Lipinski definition) is 3. The summed E-state index contributed by atoms with van der Waals surface area (Å²) in [6.45, 7) is 4.62. The van der Waals surface area contributed by atoms with Gasteiger partial charge in [0.25, 0.3) is 0 Å². The number of guanidine groups is 1. The molecule has 128 valence electrons. The first-order valence-electron chi connectivity index (χ1n) is 7.28. The minimum absolute atomic E-state index is 0.102. The van der Waals surface area contributed by atoms with Crippen LogP contribution < -0.4 is 5.32 Å². The maximum atomic E-state index is 13.3. The van der Waals surface area contributed by atoms with Crippen LogP contribution in [-0.4, -0.2) is 49.9 Å². The van der Waals surface area contributed by atoms with Crippen LogP contribution in [0.4, 0.5) is 4.39 Å². The molecule has 0 saturated carbocycles. The highest BCUT2D eigenvalue weighted by Crippen LogP contribution is 2.24. The van der Waals surface area contributed by atoms with Crippen LogP contribution in [0.1, 0.15) is 19.4 Å². The molecule has 23 heavy (non-hydrogen) atoms. The van der Waals surface area contributed by atoms with Crippen LogP contribution in [0.2, 0.25) is 0 Å². The zero-order valence-electron chi connectivity index (χ0n) is 13.4. The molecule has 0 unspecified atom stereocenters. The van der Waals surface area contributed by atoms with E-state index in [-0.39, 0.29) is 11.6 Å². The van der Waals surface area contributed by atoms with Gasteiger partial charge in [0.05, 0.1) is 10.5 Å². The SMILES string of the molecule is CN=C(NCc1cc(F)ccc1Br)N1CCS(=O)(=O)C(C)(C)C1. The molecule has 5 nitrogen and oxygen atoms in total. The third-order valence-electron chi connectivity index (χ3n) is 4.00. The molecule has 0 aliphatic carbocycles. The van der Waals surface area contributed by atoms with Crippen molar-refractivity contribution in [3.63, 3.8) is 0 Å². The van der Waals surface area contributed by atoms with Crippen molar-refractivity contribution in [2.24, 2.45) is 4.99 Å². The van der Waals surface area contributed by atoms with E-state index in [0.29, 0.717) is 25.6 Å². The van der Waals surface area contributed by atoms with Crippen LogP contribution in [0.25, 0.3) is 0 Å². The van der Waals surface area contributed by atoms with Gasteiger partial charge in [0, 0.05) is 31.2 Å². The Morgan fingerprint density at radius 3 is 2.78 bits per heavy atom. The highest BCUT2D eigenvalue weighted by molar-refractivity contribution is 9.10. The van der Waals surface area contributed by atoms with Crippen molar-refractivity contribution in [1.29, 1.82) is 0 Å². The van der Waals surface area contributed by atoms with E-state index in [1.54, 1.807) is 27.0 Å². The molecule has 0 amide bonds. The number of benzene rings is 1. The second-order valence-corrected chi connectivity index (χ2v) is 9.73. The van der Waals surface area contributed by atoms with Gasteiger partial charge in [-0.3, -0.25) is 4.99 Å². The van der Waals surface area contributed by atoms with Crippen molar-refractivity contribution < 1.29 is 12.8 Å². The molecule has 2 rings (SSSR count). The van der Waals surface area contributed by atoms with E-state index >= 15 is 0 Å². The van der Waals surface area contributed by atoms with E-state index in [0.717, 1.165) is 10.0 Å². The molecule has 1 aliphatic heterocycles. The van der Waals surface area contributed by atoms with Gasteiger partial charge in [0.2, 0.25) is 0 Å². The number of nitrogens with zero attached hydrogens (tertiary/aromatic N) is 2. The third kappa shape index (κ3) is 4.03. The Kier molecular flexibility index (Phi) is 5.35.